The summed E-state index contributed by atoms with van der Waals surface area (Å²) in [5, 5.41) is -0.985. The Morgan fingerprint density at radius 3 is 2.50 bits per heavy atom. The molecule has 0 spiro atoms. The molecule has 1 aliphatic heterocycles. The van der Waals surface area contributed by atoms with Crippen molar-refractivity contribution in [2.45, 2.75) is 25.1 Å². The van der Waals surface area contributed by atoms with Crippen molar-refractivity contribution >= 4 is 27.2 Å². The van der Waals surface area contributed by atoms with E-state index in [0.717, 1.165) is 0 Å². The molecule has 0 N–H and O–H groups in total. The Morgan fingerprint density at radius 2 is 2.30 bits per heavy atom. The van der Waals surface area contributed by atoms with Gasteiger partial charge in [-0.1, -0.05) is 0 Å². The molecule has 0 amide bonds. The van der Waals surface area contributed by atoms with E-state index in [4.69, 9.17) is 15.7 Å². The van der Waals surface area contributed by atoms with Crippen LogP contribution in [0.4, 0.5) is 0 Å². The zero-order valence-electron chi connectivity index (χ0n) is 5.92. The monoisotopic (exact) mass is 131 g/mol. The highest BCUT2D eigenvalue weighted by molar-refractivity contribution is 6.46. The molecule has 0 aliphatic carbocycles. The summed E-state index contributed by atoms with van der Waals surface area (Å²) in [6.45, 7) is 1.47. The lowest BCUT2D eigenvalue weighted by Crippen LogP contribution is -2.23. The fourth-order valence-electron chi connectivity index (χ4n) is 0.936. The first-order valence-corrected chi connectivity index (χ1v) is 3.19. The quantitative estimate of drug-likeness (QED) is 0.453. The highest BCUT2D eigenvalue weighted by atomic mass is 16.1. The van der Waals surface area contributed by atoms with E-state index in [9.17, 15) is 4.79 Å². The third-order valence-corrected chi connectivity index (χ3v) is 1.51. The van der Waals surface area contributed by atoms with Gasteiger partial charge in [0.25, 0.3) is 0 Å². The van der Waals surface area contributed by atoms with E-state index >= 15 is 0 Å². The van der Waals surface area contributed by atoms with Gasteiger partial charge in [0, 0.05) is 6.92 Å². The Morgan fingerprint density at radius 1 is 1.70 bits per heavy atom. The largest absolute Gasteiger partial charge is 0.299 e. The topological polar surface area (TPSA) is 29.4 Å². The van der Waals surface area contributed by atoms with Gasteiger partial charge in [-0.3, -0.25) is 9.79 Å². The van der Waals surface area contributed by atoms with E-state index in [1.165, 1.54) is 6.92 Å². The number of hydrogen-bond acceptors (Lipinski definition) is 2. The lowest BCUT2D eigenvalue weighted by atomic mass is 9.61. The Labute approximate surface area is 62.9 Å². The molecule has 4 heteroatoms. The molecule has 10 heavy (non-hydrogen) atoms. The molecule has 0 aromatic heterocycles. The van der Waals surface area contributed by atoms with Gasteiger partial charge in [-0.15, -0.1) is 0 Å². The number of carbonyl (C=O) groups is 1. The molecule has 0 atom stereocenters. The predicted octanol–water partition coefficient (Wildman–Crippen LogP) is -0.199. The van der Waals surface area contributed by atoms with E-state index in [1.807, 2.05) is 0 Å². The number of Topliss-reactive ketones (excluding diaryl/α,β-unsaturated/α-hetero) is 1. The van der Waals surface area contributed by atoms with Crippen molar-refractivity contribution < 1.29 is 4.79 Å². The van der Waals surface area contributed by atoms with Crippen molar-refractivity contribution in [3.05, 3.63) is 0 Å². The van der Waals surface area contributed by atoms with Gasteiger partial charge in [0.15, 0.2) is 5.78 Å². The van der Waals surface area contributed by atoms with Gasteiger partial charge in [-0.05, 0) is 18.2 Å². The van der Waals surface area contributed by atoms with E-state index in [-0.39, 0.29) is 5.78 Å². The number of hydrogen-bond donors (Lipinski definition) is 0. The van der Waals surface area contributed by atoms with Crippen molar-refractivity contribution in [1.82, 2.24) is 0 Å². The van der Waals surface area contributed by atoms with Gasteiger partial charge in [0.05, 0.1) is 21.4 Å². The molecule has 2 nitrogen and oxygen atoms in total. The Hall–Kier alpha value is -0.530. The summed E-state index contributed by atoms with van der Waals surface area (Å²) >= 11 is 0. The first-order chi connectivity index (χ1) is 4.51. The number of rotatable bonds is 1. The van der Waals surface area contributed by atoms with E-state index in [2.05, 4.69) is 4.99 Å². The van der Waals surface area contributed by atoms with Crippen molar-refractivity contribution in [1.29, 1.82) is 0 Å². The van der Waals surface area contributed by atoms with Gasteiger partial charge >= 0.3 is 0 Å². The third-order valence-electron chi connectivity index (χ3n) is 1.51. The maximum atomic E-state index is 10.7. The molecule has 0 saturated carbocycles. The first kappa shape index (κ1) is 7.58. The summed E-state index contributed by atoms with van der Waals surface area (Å²) in [6.07, 6.45) is 1.18. The van der Waals surface area contributed by atoms with E-state index < -0.39 is 5.34 Å². The number of ketones is 1. The van der Waals surface area contributed by atoms with Crippen LogP contribution in [0, 0.1) is 0 Å². The number of aliphatic imine (C=N–C) groups is 1. The van der Waals surface area contributed by atoms with Crippen LogP contribution in [0.1, 0.15) is 19.8 Å². The number of carbonyl (C=O) groups excluding carboxylic acids is 1. The Bertz CT molecular complexity index is 198. The minimum Gasteiger partial charge on any atom is -0.299 e. The summed E-state index contributed by atoms with van der Waals surface area (Å²) in [5.41, 5.74) is 0.519. The molecule has 0 fully saturated rings. The van der Waals surface area contributed by atoms with Crippen molar-refractivity contribution in [2.24, 2.45) is 4.99 Å². The molecule has 0 saturated heterocycles. The molecular weight excluding hydrogens is 124 g/mol. The molecule has 1 aliphatic rings. The minimum atomic E-state index is -0.985. The predicted molar refractivity (Wildman–Crippen MR) is 41.6 cm³/mol. The standard InChI is InChI=1S/C6H7B2NO/c1-4(10)5-2-3-6(7,8)9-5/h2-3H2,1H3. The average Bonchev–Trinajstić information content (AvgIpc) is 2.10. The zero-order valence-corrected chi connectivity index (χ0v) is 5.92. The van der Waals surface area contributed by atoms with Crippen LogP contribution in [0.25, 0.3) is 0 Å². The maximum Gasteiger partial charge on any atom is 0.173 e. The lowest BCUT2D eigenvalue weighted by molar-refractivity contribution is -0.111. The van der Waals surface area contributed by atoms with Crippen LogP contribution in [0.15, 0.2) is 4.99 Å². The SMILES string of the molecule is [B]C1([B])CCC(C(C)=O)=N1. The average molecular weight is 131 g/mol. The summed E-state index contributed by atoms with van der Waals surface area (Å²) in [5.74, 6) is -0.0298. The molecule has 0 aromatic rings. The second-order valence-electron chi connectivity index (χ2n) is 2.61. The summed E-state index contributed by atoms with van der Waals surface area (Å²) in [4.78, 5) is 14.5. The summed E-state index contributed by atoms with van der Waals surface area (Å²) in [7, 11) is 10.9. The van der Waals surface area contributed by atoms with Gasteiger partial charge in [0.1, 0.15) is 0 Å². The molecule has 1 heterocycles. The lowest BCUT2D eigenvalue weighted by Gasteiger charge is -2.11. The van der Waals surface area contributed by atoms with Crippen LogP contribution in [-0.2, 0) is 4.79 Å². The highest BCUT2D eigenvalue weighted by Gasteiger charge is 2.24. The highest BCUT2D eigenvalue weighted by Crippen LogP contribution is 2.18. The molecule has 0 unspecified atom stereocenters. The fourth-order valence-corrected chi connectivity index (χ4v) is 0.936. The van der Waals surface area contributed by atoms with E-state index in [1.54, 1.807) is 0 Å². The molecule has 4 radical (unpaired) electrons. The second-order valence-corrected chi connectivity index (χ2v) is 2.61. The molecule has 0 bridgehead atoms. The van der Waals surface area contributed by atoms with Crippen molar-refractivity contribution in [3.8, 4) is 0 Å². The second kappa shape index (κ2) is 2.26. The van der Waals surface area contributed by atoms with Gasteiger partial charge in [-0.25, -0.2) is 0 Å². The molecule has 48 valence electrons. The Kier molecular flexibility index (Phi) is 1.71. The first-order valence-electron chi connectivity index (χ1n) is 3.19. The van der Waals surface area contributed by atoms with Crippen LogP contribution in [0.2, 0.25) is 0 Å². The van der Waals surface area contributed by atoms with Gasteiger partial charge in [-0.2, -0.15) is 0 Å². The summed E-state index contributed by atoms with van der Waals surface area (Å²) < 4.78 is 0. The minimum absolute atomic E-state index is 0.0298. The third kappa shape index (κ3) is 1.49. The van der Waals surface area contributed by atoms with Crippen molar-refractivity contribution in [2.75, 3.05) is 0 Å². The van der Waals surface area contributed by atoms with Crippen LogP contribution < -0.4 is 0 Å². The van der Waals surface area contributed by atoms with Crippen LogP contribution >= 0.6 is 0 Å². The van der Waals surface area contributed by atoms with Crippen LogP contribution in [0.3, 0.4) is 0 Å². The summed E-state index contributed by atoms with van der Waals surface area (Å²) in [6, 6.07) is 0. The molecule has 0 aromatic carbocycles. The molecular formula is C6H7B2NO. The maximum absolute atomic E-state index is 10.7. The van der Waals surface area contributed by atoms with Crippen molar-refractivity contribution in [3.63, 3.8) is 0 Å². The smallest absolute Gasteiger partial charge is 0.173 e. The van der Waals surface area contributed by atoms with Crippen LogP contribution in [0.5, 0.6) is 0 Å². The normalized spacial score (nSPS) is 22.3. The van der Waals surface area contributed by atoms with Crippen LogP contribution in [-0.4, -0.2) is 32.5 Å². The van der Waals surface area contributed by atoms with Gasteiger partial charge < -0.3 is 0 Å². The Balaban J connectivity index is 2.76. The number of nitrogens with zero attached hydrogens (tertiary/aromatic N) is 1. The fraction of sp³-hybridized carbons (Fsp3) is 0.667. The van der Waals surface area contributed by atoms with E-state index in [0.29, 0.717) is 18.6 Å². The molecule has 1 rings (SSSR count). The van der Waals surface area contributed by atoms with Gasteiger partial charge in [0.2, 0.25) is 0 Å². The zero-order chi connectivity index (χ0) is 7.78.